The van der Waals surface area contributed by atoms with Gasteiger partial charge in [-0.15, -0.1) is 0 Å². The first-order valence-electron chi connectivity index (χ1n) is 4.95. The second kappa shape index (κ2) is 5.55. The number of pyridine rings is 1. The van der Waals surface area contributed by atoms with E-state index in [9.17, 15) is 4.79 Å². The molecule has 0 spiro atoms. The Morgan fingerprint density at radius 1 is 1.00 bits per heavy atom. The van der Waals surface area contributed by atoms with Gasteiger partial charge in [-0.1, -0.05) is 46.4 Å². The van der Waals surface area contributed by atoms with Crippen molar-refractivity contribution in [1.29, 1.82) is 0 Å². The van der Waals surface area contributed by atoms with E-state index in [1.807, 2.05) is 0 Å². The SMILES string of the molecule is O=C(O)c1nc(-c2cc(Cl)c(Cl)c(Cl)c2)ccc1Cl. The van der Waals surface area contributed by atoms with Crippen LogP contribution in [0.4, 0.5) is 0 Å². The second-order valence-electron chi connectivity index (χ2n) is 3.59. The largest absolute Gasteiger partial charge is 0.476 e. The van der Waals surface area contributed by atoms with E-state index in [4.69, 9.17) is 51.5 Å². The number of aromatic carboxylic acids is 1. The molecule has 0 unspecified atom stereocenters. The summed E-state index contributed by atoms with van der Waals surface area (Å²) in [6.45, 7) is 0. The van der Waals surface area contributed by atoms with Crippen molar-refractivity contribution in [1.82, 2.24) is 4.98 Å². The molecule has 0 aliphatic carbocycles. The Labute approximate surface area is 128 Å². The molecule has 1 aromatic carbocycles. The van der Waals surface area contributed by atoms with Crippen LogP contribution >= 0.6 is 46.4 Å². The summed E-state index contributed by atoms with van der Waals surface area (Å²) in [5.74, 6) is -1.21. The fourth-order valence-electron chi connectivity index (χ4n) is 1.46. The lowest BCUT2D eigenvalue weighted by atomic mass is 10.1. The molecule has 0 saturated heterocycles. The molecule has 0 atom stereocenters. The minimum atomic E-state index is -1.21. The van der Waals surface area contributed by atoms with Crippen molar-refractivity contribution < 1.29 is 9.90 Å². The molecule has 2 aromatic rings. The van der Waals surface area contributed by atoms with Crippen LogP contribution in [0.25, 0.3) is 11.3 Å². The number of hydrogen-bond acceptors (Lipinski definition) is 2. The maximum Gasteiger partial charge on any atom is 0.356 e. The average molecular weight is 337 g/mol. The van der Waals surface area contributed by atoms with Gasteiger partial charge in [-0.3, -0.25) is 0 Å². The van der Waals surface area contributed by atoms with Crippen molar-refractivity contribution in [3.63, 3.8) is 0 Å². The summed E-state index contributed by atoms with van der Waals surface area (Å²) in [7, 11) is 0. The van der Waals surface area contributed by atoms with E-state index in [1.54, 1.807) is 18.2 Å². The van der Waals surface area contributed by atoms with Crippen LogP contribution in [0.3, 0.4) is 0 Å². The Hall–Kier alpha value is -1.000. The third-order valence-corrected chi connectivity index (χ3v) is 3.83. The highest BCUT2D eigenvalue weighted by molar-refractivity contribution is 6.48. The Balaban J connectivity index is 2.60. The van der Waals surface area contributed by atoms with Crippen molar-refractivity contribution in [3.8, 4) is 11.3 Å². The molecule has 2 rings (SSSR count). The molecule has 1 aromatic heterocycles. The van der Waals surface area contributed by atoms with Gasteiger partial charge in [-0.2, -0.15) is 0 Å². The van der Waals surface area contributed by atoms with Crippen LogP contribution in [-0.4, -0.2) is 16.1 Å². The van der Waals surface area contributed by atoms with E-state index >= 15 is 0 Å². The summed E-state index contributed by atoms with van der Waals surface area (Å²) in [5.41, 5.74) is 0.710. The number of benzene rings is 1. The van der Waals surface area contributed by atoms with Gasteiger partial charge in [0.1, 0.15) is 0 Å². The van der Waals surface area contributed by atoms with E-state index < -0.39 is 5.97 Å². The van der Waals surface area contributed by atoms with Gasteiger partial charge in [-0.25, -0.2) is 9.78 Å². The summed E-state index contributed by atoms with van der Waals surface area (Å²) in [6.07, 6.45) is 0. The smallest absolute Gasteiger partial charge is 0.356 e. The molecule has 19 heavy (non-hydrogen) atoms. The molecular weight excluding hydrogens is 332 g/mol. The second-order valence-corrected chi connectivity index (χ2v) is 5.19. The van der Waals surface area contributed by atoms with Crippen LogP contribution in [0.15, 0.2) is 24.3 Å². The summed E-state index contributed by atoms with van der Waals surface area (Å²) in [6, 6.07) is 6.13. The lowest BCUT2D eigenvalue weighted by Gasteiger charge is -2.06. The Morgan fingerprint density at radius 3 is 2.11 bits per heavy atom. The molecular formula is C12H5Cl4NO2. The summed E-state index contributed by atoms with van der Waals surface area (Å²) in [4.78, 5) is 14.9. The van der Waals surface area contributed by atoms with E-state index in [0.717, 1.165) is 0 Å². The number of aromatic nitrogens is 1. The van der Waals surface area contributed by atoms with Gasteiger partial charge in [0, 0.05) is 5.56 Å². The van der Waals surface area contributed by atoms with Gasteiger partial charge in [-0.05, 0) is 24.3 Å². The number of carboxylic acids is 1. The van der Waals surface area contributed by atoms with Crippen LogP contribution in [0.5, 0.6) is 0 Å². The zero-order chi connectivity index (χ0) is 14.2. The molecule has 7 heteroatoms. The zero-order valence-corrected chi connectivity index (χ0v) is 12.1. The van der Waals surface area contributed by atoms with Gasteiger partial charge in [0.15, 0.2) is 5.69 Å². The quantitative estimate of drug-likeness (QED) is 0.780. The van der Waals surface area contributed by atoms with E-state index in [-0.39, 0.29) is 25.8 Å². The molecule has 3 nitrogen and oxygen atoms in total. The number of nitrogens with zero attached hydrogens (tertiary/aromatic N) is 1. The molecule has 1 heterocycles. The maximum absolute atomic E-state index is 11.0. The molecule has 0 fully saturated rings. The van der Waals surface area contributed by atoms with E-state index in [1.165, 1.54) is 6.07 Å². The van der Waals surface area contributed by atoms with Crippen molar-refractivity contribution in [2.45, 2.75) is 0 Å². The first kappa shape index (κ1) is 14.4. The van der Waals surface area contributed by atoms with Gasteiger partial charge in [0.05, 0.1) is 25.8 Å². The van der Waals surface area contributed by atoms with Gasteiger partial charge in [0.25, 0.3) is 0 Å². The number of rotatable bonds is 2. The number of halogens is 4. The Bertz CT molecular complexity index is 650. The average Bonchev–Trinajstić information content (AvgIpc) is 2.35. The van der Waals surface area contributed by atoms with Crippen LogP contribution in [0.2, 0.25) is 20.1 Å². The van der Waals surface area contributed by atoms with E-state index in [2.05, 4.69) is 4.98 Å². The molecule has 98 valence electrons. The van der Waals surface area contributed by atoms with Crippen molar-refractivity contribution in [2.24, 2.45) is 0 Å². The molecule has 0 amide bonds. The first-order valence-corrected chi connectivity index (χ1v) is 6.46. The fourth-order valence-corrected chi connectivity index (χ4v) is 2.24. The third kappa shape index (κ3) is 2.95. The number of carboxylic acid groups (broad SMARTS) is 1. The van der Waals surface area contributed by atoms with Crippen LogP contribution < -0.4 is 0 Å². The lowest BCUT2D eigenvalue weighted by Crippen LogP contribution is -2.02. The molecule has 0 aliphatic heterocycles. The van der Waals surface area contributed by atoms with Gasteiger partial charge >= 0.3 is 5.97 Å². The normalized spacial score (nSPS) is 10.5. The topological polar surface area (TPSA) is 50.2 Å². The molecule has 0 radical (unpaired) electrons. The predicted octanol–water partition coefficient (Wildman–Crippen LogP) is 5.06. The summed E-state index contributed by atoms with van der Waals surface area (Å²) in [5, 5.41) is 9.79. The molecule has 0 aliphatic rings. The molecule has 0 saturated carbocycles. The van der Waals surface area contributed by atoms with E-state index in [0.29, 0.717) is 11.3 Å². The number of hydrogen-bond donors (Lipinski definition) is 1. The highest BCUT2D eigenvalue weighted by Crippen LogP contribution is 2.35. The van der Waals surface area contributed by atoms with Crippen LogP contribution in [0, 0.1) is 0 Å². The highest BCUT2D eigenvalue weighted by Gasteiger charge is 2.14. The Morgan fingerprint density at radius 2 is 1.58 bits per heavy atom. The zero-order valence-electron chi connectivity index (χ0n) is 9.12. The monoisotopic (exact) mass is 335 g/mol. The number of carbonyl (C=O) groups is 1. The minimum Gasteiger partial charge on any atom is -0.476 e. The predicted molar refractivity (Wildman–Crippen MR) is 76.7 cm³/mol. The van der Waals surface area contributed by atoms with Crippen LogP contribution in [-0.2, 0) is 0 Å². The fraction of sp³-hybridized carbons (Fsp3) is 0. The Kier molecular flexibility index (Phi) is 4.21. The standard InChI is InChI=1S/C12H5Cl4NO2/c13-6-1-2-9(17-11(6)12(18)19)5-3-7(14)10(16)8(15)4-5/h1-4H,(H,18,19). The minimum absolute atomic E-state index is 0.0578. The van der Waals surface area contributed by atoms with Gasteiger partial charge < -0.3 is 5.11 Å². The van der Waals surface area contributed by atoms with Crippen LogP contribution in [0.1, 0.15) is 10.5 Å². The summed E-state index contributed by atoms with van der Waals surface area (Å²) >= 11 is 23.4. The van der Waals surface area contributed by atoms with Gasteiger partial charge in [0.2, 0.25) is 0 Å². The van der Waals surface area contributed by atoms with Crippen molar-refractivity contribution >= 4 is 52.4 Å². The third-order valence-electron chi connectivity index (χ3n) is 2.33. The molecule has 0 bridgehead atoms. The molecule has 1 N–H and O–H groups in total. The maximum atomic E-state index is 11.0. The van der Waals surface area contributed by atoms with Crippen molar-refractivity contribution in [3.05, 3.63) is 50.0 Å². The first-order chi connectivity index (χ1) is 8.90. The lowest BCUT2D eigenvalue weighted by molar-refractivity contribution is 0.0691. The van der Waals surface area contributed by atoms with Crippen molar-refractivity contribution in [2.75, 3.05) is 0 Å². The summed E-state index contributed by atoms with van der Waals surface area (Å²) < 4.78 is 0. The highest BCUT2D eigenvalue weighted by atomic mass is 35.5.